The second kappa shape index (κ2) is 78.8. The topological polar surface area (TPSA) is 111 Å². The molecular weight excluding hydrogens is 1230 g/mol. The molecule has 0 aromatic rings. The molecular formula is C88H166NO8P. The van der Waals surface area contributed by atoms with Crippen LogP contribution >= 0.6 is 7.82 Å². The molecule has 0 amide bonds. The van der Waals surface area contributed by atoms with Gasteiger partial charge in [-0.25, -0.2) is 0 Å². The van der Waals surface area contributed by atoms with Gasteiger partial charge in [0.1, 0.15) is 19.8 Å². The van der Waals surface area contributed by atoms with Crippen LogP contribution in [0.2, 0.25) is 0 Å². The SMILES string of the molecule is CC/C=C\C/C=C\C/C=C\C/C=C\C/C=C\CCCCCCCCCCCCCCCCCCCC(=O)OC(COC(=O)CCCCCCCCCCCCCCCCCCCCCCCCCCCCCCCCCCCCCCCCCCC)COP(=O)([O-])OCC[N+](C)(C)C. The normalized spacial score (nSPS) is 13.2. The first-order valence-corrected chi connectivity index (χ1v) is 44.5. The summed E-state index contributed by atoms with van der Waals surface area (Å²) in [5.41, 5.74) is 0. The summed E-state index contributed by atoms with van der Waals surface area (Å²) in [6.07, 6.45) is 107. The average Bonchev–Trinajstić information content (AvgIpc) is 1.08. The molecule has 0 radical (unpaired) electrons. The lowest BCUT2D eigenvalue weighted by atomic mass is 10.0. The summed E-state index contributed by atoms with van der Waals surface area (Å²) >= 11 is 0. The highest BCUT2D eigenvalue weighted by Crippen LogP contribution is 2.38. The standard InChI is InChI=1S/C88H166NO8P/c1-6-8-10-12-14-16-18-20-22-24-26-28-30-32-34-36-38-40-41-42-43-44-45-46-47-49-50-52-54-56-58-60-62-64-66-68-70-72-74-76-78-80-87(90)94-84-86(85-96-98(92,93)95-83-82-89(3,4)5)97-88(91)81-79-77-75-73-71-69-67-65-63-61-59-57-55-53-51-48-39-37-35-33-31-29-27-25-23-21-19-17-15-13-11-9-7-2/h9,11,15,17,21,23,27,29,33,35,86H,6-8,10,12-14,16,18-20,22,24-26,28,30-32,34,36-85H2,1-5H3/b11-9-,17-15-,23-21-,29-27-,35-33-. The van der Waals surface area contributed by atoms with Crippen molar-refractivity contribution in [3.63, 3.8) is 0 Å². The van der Waals surface area contributed by atoms with Crippen molar-refractivity contribution in [3.8, 4) is 0 Å². The smallest absolute Gasteiger partial charge is 0.306 e. The molecule has 0 N–H and O–H groups in total. The van der Waals surface area contributed by atoms with Crippen LogP contribution in [-0.2, 0) is 32.7 Å². The fraction of sp³-hybridized carbons (Fsp3) is 0.864. The van der Waals surface area contributed by atoms with Crippen LogP contribution in [0.4, 0.5) is 0 Å². The molecule has 0 rings (SSSR count). The first-order chi connectivity index (χ1) is 48.0. The van der Waals surface area contributed by atoms with E-state index in [0.29, 0.717) is 17.4 Å². The van der Waals surface area contributed by atoms with E-state index in [1.807, 2.05) is 21.1 Å². The van der Waals surface area contributed by atoms with Gasteiger partial charge in [0.25, 0.3) is 7.82 Å². The molecule has 0 saturated heterocycles. The van der Waals surface area contributed by atoms with Crippen LogP contribution in [0.1, 0.15) is 438 Å². The summed E-state index contributed by atoms with van der Waals surface area (Å²) in [7, 11) is 1.19. The number of nitrogens with zero attached hydrogens (tertiary/aromatic N) is 1. The monoisotopic (exact) mass is 1400 g/mol. The molecule has 9 nitrogen and oxygen atoms in total. The lowest BCUT2D eigenvalue weighted by Crippen LogP contribution is -2.37. The number of phosphoric acid groups is 1. The molecule has 0 aromatic heterocycles. The predicted molar refractivity (Wildman–Crippen MR) is 425 cm³/mol. The van der Waals surface area contributed by atoms with E-state index in [0.717, 1.165) is 70.6 Å². The third kappa shape index (κ3) is 82.7. The second-order valence-corrected chi connectivity index (χ2v) is 31.9. The zero-order valence-corrected chi connectivity index (χ0v) is 66.9. The van der Waals surface area contributed by atoms with E-state index in [-0.39, 0.29) is 32.0 Å². The van der Waals surface area contributed by atoms with Gasteiger partial charge in [-0.2, -0.15) is 0 Å². The number of carbonyl (C=O) groups excluding carboxylic acids is 2. The maximum Gasteiger partial charge on any atom is 0.306 e. The van der Waals surface area contributed by atoms with Gasteiger partial charge in [0.2, 0.25) is 0 Å². The van der Waals surface area contributed by atoms with E-state index >= 15 is 0 Å². The minimum atomic E-state index is -4.65. The third-order valence-corrected chi connectivity index (χ3v) is 20.5. The summed E-state index contributed by atoms with van der Waals surface area (Å²) in [5.74, 6) is -0.810. The minimum Gasteiger partial charge on any atom is -0.756 e. The van der Waals surface area contributed by atoms with Gasteiger partial charge in [-0.15, -0.1) is 0 Å². The number of carbonyl (C=O) groups is 2. The van der Waals surface area contributed by atoms with E-state index in [4.69, 9.17) is 18.5 Å². The number of ether oxygens (including phenoxy) is 2. The first kappa shape index (κ1) is 95.7. The van der Waals surface area contributed by atoms with Crippen molar-refractivity contribution < 1.29 is 42.1 Å². The van der Waals surface area contributed by atoms with Crippen LogP contribution in [0, 0.1) is 0 Å². The molecule has 0 aliphatic carbocycles. The van der Waals surface area contributed by atoms with Crippen molar-refractivity contribution in [1.29, 1.82) is 0 Å². The van der Waals surface area contributed by atoms with E-state index in [2.05, 4.69) is 74.6 Å². The Hall–Kier alpha value is -2.29. The Bertz CT molecular complexity index is 1840. The van der Waals surface area contributed by atoms with Crippen LogP contribution in [-0.4, -0.2) is 70.0 Å². The number of esters is 2. The molecule has 0 fully saturated rings. The predicted octanol–water partition coefficient (Wildman–Crippen LogP) is 28.2. The zero-order chi connectivity index (χ0) is 71.1. The molecule has 0 aliphatic rings. The Morgan fingerprint density at radius 3 is 0.867 bits per heavy atom. The number of allylic oxidation sites excluding steroid dienone is 10. The maximum atomic E-state index is 12.9. The molecule has 98 heavy (non-hydrogen) atoms. The Morgan fingerprint density at radius 1 is 0.327 bits per heavy atom. The molecule has 0 aromatic carbocycles. The molecule has 2 unspecified atom stereocenters. The lowest BCUT2D eigenvalue weighted by molar-refractivity contribution is -0.870. The number of likely N-dealkylation sites (N-methyl/N-ethyl adjacent to an activating group) is 1. The highest BCUT2D eigenvalue weighted by Gasteiger charge is 2.22. The van der Waals surface area contributed by atoms with Crippen molar-refractivity contribution in [3.05, 3.63) is 60.8 Å². The minimum absolute atomic E-state index is 0.0289. The summed E-state index contributed by atoms with van der Waals surface area (Å²) < 4.78 is 34.5. The summed E-state index contributed by atoms with van der Waals surface area (Å²) in [4.78, 5) is 38.2. The van der Waals surface area contributed by atoms with Crippen molar-refractivity contribution in [2.75, 3.05) is 47.5 Å². The van der Waals surface area contributed by atoms with Crippen molar-refractivity contribution >= 4 is 19.8 Å². The largest absolute Gasteiger partial charge is 0.756 e. The fourth-order valence-corrected chi connectivity index (χ4v) is 13.8. The highest BCUT2D eigenvalue weighted by atomic mass is 31.2. The van der Waals surface area contributed by atoms with Crippen LogP contribution < -0.4 is 4.89 Å². The molecule has 0 spiro atoms. The third-order valence-electron chi connectivity index (χ3n) is 19.6. The van der Waals surface area contributed by atoms with E-state index in [1.54, 1.807) is 0 Å². The Balaban J connectivity index is 3.86. The fourth-order valence-electron chi connectivity index (χ4n) is 13.0. The van der Waals surface area contributed by atoms with Gasteiger partial charge in [-0.3, -0.25) is 14.2 Å². The molecule has 576 valence electrons. The Labute approximate surface area is 610 Å². The molecule has 10 heteroatoms. The van der Waals surface area contributed by atoms with Crippen LogP contribution in [0.3, 0.4) is 0 Å². The summed E-state index contributed by atoms with van der Waals surface area (Å²) in [5, 5.41) is 0. The number of rotatable bonds is 81. The van der Waals surface area contributed by atoms with E-state index < -0.39 is 26.5 Å². The van der Waals surface area contributed by atoms with E-state index in [1.165, 1.54) is 334 Å². The quantitative estimate of drug-likeness (QED) is 0.0195. The van der Waals surface area contributed by atoms with Gasteiger partial charge in [-0.1, -0.05) is 428 Å². The first-order valence-electron chi connectivity index (χ1n) is 43.0. The molecule has 0 heterocycles. The zero-order valence-electron chi connectivity index (χ0n) is 66.0. The van der Waals surface area contributed by atoms with Gasteiger partial charge < -0.3 is 27.9 Å². The number of phosphoric ester groups is 1. The van der Waals surface area contributed by atoms with Gasteiger partial charge in [0, 0.05) is 12.8 Å². The number of quaternary nitrogens is 1. The summed E-state index contributed by atoms with van der Waals surface area (Å²) in [6, 6.07) is 0. The Kier molecular flexibility index (Phi) is 77.0. The molecule has 2 atom stereocenters. The van der Waals surface area contributed by atoms with Crippen molar-refractivity contribution in [2.45, 2.75) is 444 Å². The average molecular weight is 1400 g/mol. The van der Waals surface area contributed by atoms with Gasteiger partial charge >= 0.3 is 11.9 Å². The van der Waals surface area contributed by atoms with Crippen LogP contribution in [0.15, 0.2) is 60.8 Å². The highest BCUT2D eigenvalue weighted by molar-refractivity contribution is 7.45. The number of unbranched alkanes of at least 4 members (excludes halogenated alkanes) is 57. The number of hydrogen-bond donors (Lipinski definition) is 0. The van der Waals surface area contributed by atoms with Crippen molar-refractivity contribution in [2.24, 2.45) is 0 Å². The van der Waals surface area contributed by atoms with Gasteiger partial charge in [0.15, 0.2) is 6.10 Å². The molecule has 0 aliphatic heterocycles. The summed E-state index contributed by atoms with van der Waals surface area (Å²) in [6.45, 7) is 4.21. The van der Waals surface area contributed by atoms with E-state index in [9.17, 15) is 19.0 Å². The van der Waals surface area contributed by atoms with Gasteiger partial charge in [0.05, 0.1) is 27.7 Å². The van der Waals surface area contributed by atoms with Crippen LogP contribution in [0.5, 0.6) is 0 Å². The maximum absolute atomic E-state index is 12.9. The number of hydrogen-bond acceptors (Lipinski definition) is 8. The van der Waals surface area contributed by atoms with Crippen LogP contribution in [0.25, 0.3) is 0 Å². The second-order valence-electron chi connectivity index (χ2n) is 30.5. The molecule has 0 bridgehead atoms. The Morgan fingerprint density at radius 2 is 0.582 bits per heavy atom. The molecule has 0 saturated carbocycles. The van der Waals surface area contributed by atoms with Gasteiger partial charge in [-0.05, 0) is 57.8 Å². The lowest BCUT2D eigenvalue weighted by Gasteiger charge is -2.28. The van der Waals surface area contributed by atoms with Crippen molar-refractivity contribution in [1.82, 2.24) is 0 Å².